The number of carbonyl (C=O) groups is 1. The van der Waals surface area contributed by atoms with Crippen molar-refractivity contribution in [2.24, 2.45) is 0 Å². The summed E-state index contributed by atoms with van der Waals surface area (Å²) in [6.45, 7) is 8.49. The van der Waals surface area contributed by atoms with E-state index in [4.69, 9.17) is 4.74 Å². The van der Waals surface area contributed by atoms with Crippen LogP contribution in [-0.2, 0) is 4.79 Å². The Bertz CT molecular complexity index is 910. The normalized spacial score (nSPS) is 11.1. The minimum absolute atomic E-state index is 0.105. The van der Waals surface area contributed by atoms with Gasteiger partial charge in [0.05, 0.1) is 31.1 Å². The Balaban J connectivity index is 1.57. The van der Waals surface area contributed by atoms with Crippen LogP contribution in [0.4, 0.5) is 5.69 Å². The standard InChI is InChI=1S/C20H24N4O2/c1-13(2)24-20-16(11-22-24)10-17(12-21-20)23-19(25)5-6-26-18-8-14(3)7-15(4)9-18/h7-13H,5-6H2,1-4H3,(H,23,25). The van der Waals surface area contributed by atoms with Gasteiger partial charge in [0.25, 0.3) is 0 Å². The van der Waals surface area contributed by atoms with Crippen LogP contribution >= 0.6 is 0 Å². The predicted molar refractivity (Wildman–Crippen MR) is 103 cm³/mol. The molecule has 6 heteroatoms. The molecule has 0 bridgehead atoms. The van der Waals surface area contributed by atoms with E-state index in [2.05, 4.69) is 35.3 Å². The number of aromatic nitrogens is 3. The van der Waals surface area contributed by atoms with E-state index in [0.29, 0.717) is 12.3 Å². The number of nitrogens with zero attached hydrogens (tertiary/aromatic N) is 3. The van der Waals surface area contributed by atoms with Gasteiger partial charge in [0.1, 0.15) is 5.75 Å². The van der Waals surface area contributed by atoms with E-state index in [1.54, 1.807) is 12.4 Å². The molecular formula is C20H24N4O2. The summed E-state index contributed by atoms with van der Waals surface area (Å²) in [5, 5.41) is 8.10. The van der Waals surface area contributed by atoms with Gasteiger partial charge in [-0.05, 0) is 57.0 Å². The Labute approximate surface area is 153 Å². The maximum Gasteiger partial charge on any atom is 0.227 e. The van der Waals surface area contributed by atoms with Crippen LogP contribution in [0.15, 0.2) is 36.7 Å². The fraction of sp³-hybridized carbons (Fsp3) is 0.350. The van der Waals surface area contributed by atoms with Crippen molar-refractivity contribution in [1.82, 2.24) is 14.8 Å². The average molecular weight is 352 g/mol. The van der Waals surface area contributed by atoms with E-state index in [1.165, 1.54) is 0 Å². The molecule has 0 radical (unpaired) electrons. The molecule has 2 heterocycles. The molecule has 0 spiro atoms. The number of pyridine rings is 1. The average Bonchev–Trinajstić information content (AvgIpc) is 2.97. The summed E-state index contributed by atoms with van der Waals surface area (Å²) < 4.78 is 7.55. The summed E-state index contributed by atoms with van der Waals surface area (Å²) in [6, 6.07) is 8.15. The van der Waals surface area contributed by atoms with Crippen LogP contribution in [0.5, 0.6) is 5.75 Å². The summed E-state index contributed by atoms with van der Waals surface area (Å²) in [5.41, 5.74) is 3.77. The predicted octanol–water partition coefficient (Wildman–Crippen LogP) is 4.04. The third kappa shape index (κ3) is 4.20. The number of nitrogens with one attached hydrogen (secondary N) is 1. The van der Waals surface area contributed by atoms with Crippen molar-refractivity contribution >= 4 is 22.6 Å². The number of hydrogen-bond acceptors (Lipinski definition) is 4. The Morgan fingerprint density at radius 3 is 2.58 bits per heavy atom. The summed E-state index contributed by atoms with van der Waals surface area (Å²) in [7, 11) is 0. The number of carbonyl (C=O) groups excluding carboxylic acids is 1. The first-order valence-corrected chi connectivity index (χ1v) is 8.76. The van der Waals surface area contributed by atoms with Crippen LogP contribution in [0.2, 0.25) is 0 Å². The molecule has 1 N–H and O–H groups in total. The number of fused-ring (bicyclic) bond motifs is 1. The zero-order valence-corrected chi connectivity index (χ0v) is 15.6. The first kappa shape index (κ1) is 17.9. The van der Waals surface area contributed by atoms with Gasteiger partial charge in [0.15, 0.2) is 5.65 Å². The number of amides is 1. The molecule has 0 fully saturated rings. The molecule has 6 nitrogen and oxygen atoms in total. The van der Waals surface area contributed by atoms with Crippen molar-refractivity contribution in [2.45, 2.75) is 40.2 Å². The van der Waals surface area contributed by atoms with Gasteiger partial charge in [0, 0.05) is 11.4 Å². The van der Waals surface area contributed by atoms with Gasteiger partial charge in [0.2, 0.25) is 5.91 Å². The molecule has 0 saturated carbocycles. The molecule has 0 saturated heterocycles. The maximum atomic E-state index is 12.1. The highest BCUT2D eigenvalue weighted by atomic mass is 16.5. The number of benzene rings is 1. The van der Waals surface area contributed by atoms with Gasteiger partial charge < -0.3 is 10.1 Å². The minimum atomic E-state index is -0.105. The zero-order chi connectivity index (χ0) is 18.7. The fourth-order valence-electron chi connectivity index (χ4n) is 2.89. The largest absolute Gasteiger partial charge is 0.493 e. The van der Waals surface area contributed by atoms with E-state index < -0.39 is 0 Å². The Kier molecular flexibility index (Phi) is 5.21. The van der Waals surface area contributed by atoms with Crippen LogP contribution in [0.1, 0.15) is 37.4 Å². The molecule has 0 aliphatic carbocycles. The van der Waals surface area contributed by atoms with Crippen LogP contribution < -0.4 is 10.1 Å². The molecule has 136 valence electrons. The fourth-order valence-corrected chi connectivity index (χ4v) is 2.89. The van der Waals surface area contributed by atoms with Crippen molar-refractivity contribution in [1.29, 1.82) is 0 Å². The third-order valence-electron chi connectivity index (χ3n) is 4.00. The number of rotatable bonds is 6. The lowest BCUT2D eigenvalue weighted by Gasteiger charge is -2.09. The number of hydrogen-bond donors (Lipinski definition) is 1. The van der Waals surface area contributed by atoms with E-state index in [9.17, 15) is 4.79 Å². The highest BCUT2D eigenvalue weighted by Gasteiger charge is 2.09. The van der Waals surface area contributed by atoms with Crippen molar-refractivity contribution in [3.05, 3.63) is 47.8 Å². The molecule has 26 heavy (non-hydrogen) atoms. The first-order valence-electron chi connectivity index (χ1n) is 8.76. The zero-order valence-electron chi connectivity index (χ0n) is 15.6. The van der Waals surface area contributed by atoms with Crippen LogP contribution in [0.3, 0.4) is 0 Å². The van der Waals surface area contributed by atoms with Gasteiger partial charge in [-0.1, -0.05) is 6.07 Å². The van der Waals surface area contributed by atoms with E-state index in [1.807, 2.05) is 36.7 Å². The molecule has 0 aliphatic rings. The number of ether oxygens (including phenoxy) is 1. The van der Waals surface area contributed by atoms with E-state index in [-0.39, 0.29) is 18.4 Å². The highest BCUT2D eigenvalue weighted by Crippen LogP contribution is 2.19. The molecule has 1 aromatic carbocycles. The van der Waals surface area contributed by atoms with Gasteiger partial charge in [-0.25, -0.2) is 9.67 Å². The lowest BCUT2D eigenvalue weighted by atomic mass is 10.1. The number of anilines is 1. The smallest absolute Gasteiger partial charge is 0.227 e. The number of aryl methyl sites for hydroxylation is 2. The summed E-state index contributed by atoms with van der Waals surface area (Å²) in [6.07, 6.45) is 3.70. The molecule has 3 rings (SSSR count). The van der Waals surface area contributed by atoms with Gasteiger partial charge in [-0.2, -0.15) is 5.10 Å². The van der Waals surface area contributed by atoms with Crippen LogP contribution in [0, 0.1) is 13.8 Å². The monoisotopic (exact) mass is 352 g/mol. The second-order valence-corrected chi connectivity index (χ2v) is 6.79. The third-order valence-corrected chi connectivity index (χ3v) is 4.00. The minimum Gasteiger partial charge on any atom is -0.493 e. The Morgan fingerprint density at radius 1 is 1.15 bits per heavy atom. The molecule has 1 amide bonds. The van der Waals surface area contributed by atoms with Gasteiger partial charge in [-0.15, -0.1) is 0 Å². The lowest BCUT2D eigenvalue weighted by molar-refractivity contribution is -0.116. The van der Waals surface area contributed by atoms with Gasteiger partial charge >= 0.3 is 0 Å². The summed E-state index contributed by atoms with van der Waals surface area (Å²) in [4.78, 5) is 16.6. The van der Waals surface area contributed by atoms with Crippen LogP contribution in [0.25, 0.3) is 11.0 Å². The molecular weight excluding hydrogens is 328 g/mol. The summed E-state index contributed by atoms with van der Waals surface area (Å²) >= 11 is 0. The second-order valence-electron chi connectivity index (χ2n) is 6.79. The summed E-state index contributed by atoms with van der Waals surface area (Å²) in [5.74, 6) is 0.686. The van der Waals surface area contributed by atoms with Crippen molar-refractivity contribution in [3.63, 3.8) is 0 Å². The second kappa shape index (κ2) is 7.56. The molecule has 3 aromatic rings. The quantitative estimate of drug-likeness (QED) is 0.727. The Morgan fingerprint density at radius 2 is 1.88 bits per heavy atom. The topological polar surface area (TPSA) is 69.0 Å². The Hall–Kier alpha value is -2.89. The first-order chi connectivity index (χ1) is 12.4. The highest BCUT2D eigenvalue weighted by molar-refractivity contribution is 5.92. The van der Waals surface area contributed by atoms with E-state index >= 15 is 0 Å². The van der Waals surface area contributed by atoms with Crippen molar-refractivity contribution in [2.75, 3.05) is 11.9 Å². The lowest BCUT2D eigenvalue weighted by Crippen LogP contribution is -2.15. The molecule has 0 atom stereocenters. The van der Waals surface area contributed by atoms with Crippen LogP contribution in [-0.4, -0.2) is 27.3 Å². The SMILES string of the molecule is Cc1cc(C)cc(OCCC(=O)Nc2cnc3c(cnn3C(C)C)c2)c1. The van der Waals surface area contributed by atoms with Gasteiger partial charge in [-0.3, -0.25) is 4.79 Å². The van der Waals surface area contributed by atoms with Crippen molar-refractivity contribution < 1.29 is 9.53 Å². The molecule has 2 aromatic heterocycles. The molecule has 0 unspecified atom stereocenters. The van der Waals surface area contributed by atoms with Crippen molar-refractivity contribution in [3.8, 4) is 5.75 Å². The maximum absolute atomic E-state index is 12.1. The van der Waals surface area contributed by atoms with E-state index in [0.717, 1.165) is 27.9 Å². The molecule has 0 aliphatic heterocycles.